The van der Waals surface area contributed by atoms with E-state index < -0.39 is 6.10 Å². The lowest BCUT2D eigenvalue weighted by Crippen LogP contribution is -2.38. The van der Waals surface area contributed by atoms with E-state index in [1.807, 2.05) is 25.1 Å². The van der Waals surface area contributed by atoms with Gasteiger partial charge in [-0.05, 0) is 61.1 Å². The molecule has 2 aromatic rings. The molecule has 0 saturated heterocycles. The number of benzene rings is 2. The number of hydrogen-bond donors (Lipinski definition) is 1. The van der Waals surface area contributed by atoms with E-state index in [0.29, 0.717) is 19.1 Å². The van der Waals surface area contributed by atoms with E-state index in [-0.39, 0.29) is 5.91 Å². The summed E-state index contributed by atoms with van der Waals surface area (Å²) in [5.74, 6) is 1.79. The number of ether oxygens (including phenoxy) is 2. The summed E-state index contributed by atoms with van der Waals surface area (Å²) in [6.45, 7) is 11.1. The molecule has 0 heterocycles. The molecular weight excluding hydrogens is 350 g/mol. The van der Waals surface area contributed by atoms with Gasteiger partial charge in [-0.3, -0.25) is 4.79 Å². The normalized spacial score (nSPS) is 11.9. The van der Waals surface area contributed by atoms with Crippen LogP contribution >= 0.6 is 0 Å². The Morgan fingerprint density at radius 3 is 2.43 bits per heavy atom. The quantitative estimate of drug-likeness (QED) is 0.585. The van der Waals surface area contributed by atoms with Crippen LogP contribution in [0.25, 0.3) is 0 Å². The molecule has 0 spiro atoms. The van der Waals surface area contributed by atoms with Crippen molar-refractivity contribution in [3.63, 3.8) is 0 Å². The fourth-order valence-electron chi connectivity index (χ4n) is 2.99. The number of carbonyl (C=O) groups excluding carboxylic acids is 1. The third-order valence-corrected chi connectivity index (χ3v) is 4.60. The molecule has 1 unspecified atom stereocenters. The van der Waals surface area contributed by atoms with E-state index >= 15 is 0 Å². The van der Waals surface area contributed by atoms with Crippen LogP contribution < -0.4 is 14.8 Å². The summed E-state index contributed by atoms with van der Waals surface area (Å²) in [7, 11) is 0. The number of hydrogen-bond acceptors (Lipinski definition) is 3. The summed E-state index contributed by atoms with van der Waals surface area (Å²) in [5.41, 5.74) is 3.54. The molecule has 0 aliphatic rings. The van der Waals surface area contributed by atoms with Crippen LogP contribution in [0.5, 0.6) is 11.5 Å². The molecule has 0 aliphatic carbocycles. The van der Waals surface area contributed by atoms with Crippen LogP contribution in [-0.4, -0.2) is 25.2 Å². The van der Waals surface area contributed by atoms with Crippen molar-refractivity contribution in [2.24, 2.45) is 0 Å². The van der Waals surface area contributed by atoms with Crippen LogP contribution in [0, 0.1) is 6.92 Å². The first-order valence-electron chi connectivity index (χ1n) is 10.2. The van der Waals surface area contributed by atoms with Crippen molar-refractivity contribution < 1.29 is 14.3 Å². The Labute approximate surface area is 169 Å². The second-order valence-electron chi connectivity index (χ2n) is 7.49. The fraction of sp³-hybridized carbons (Fsp3) is 0.458. The number of amides is 1. The molecule has 2 aromatic carbocycles. The van der Waals surface area contributed by atoms with E-state index in [0.717, 1.165) is 35.5 Å². The number of aryl methyl sites for hydroxylation is 2. The average molecular weight is 384 g/mol. The molecule has 1 N–H and O–H groups in total. The van der Waals surface area contributed by atoms with Gasteiger partial charge >= 0.3 is 0 Å². The van der Waals surface area contributed by atoms with Gasteiger partial charge in [0, 0.05) is 0 Å². The van der Waals surface area contributed by atoms with Crippen LogP contribution in [0.3, 0.4) is 0 Å². The Morgan fingerprint density at radius 1 is 1.07 bits per heavy atom. The Hall–Kier alpha value is -2.49. The van der Waals surface area contributed by atoms with E-state index in [2.05, 4.69) is 50.4 Å². The smallest absolute Gasteiger partial charge is 0.260 e. The van der Waals surface area contributed by atoms with Crippen LogP contribution in [0.2, 0.25) is 0 Å². The molecule has 28 heavy (non-hydrogen) atoms. The molecule has 4 nitrogen and oxygen atoms in total. The van der Waals surface area contributed by atoms with Crippen molar-refractivity contribution in [3.05, 3.63) is 59.2 Å². The maximum atomic E-state index is 12.3. The summed E-state index contributed by atoms with van der Waals surface area (Å²) < 4.78 is 11.6. The largest absolute Gasteiger partial charge is 0.492 e. The first-order chi connectivity index (χ1) is 13.4. The third-order valence-electron chi connectivity index (χ3n) is 4.60. The molecule has 0 bridgehead atoms. The SMILES string of the molecule is CCCc1ccc(OCCNC(=O)C(C)Oc2cc(C)ccc2C(C)C)cc1. The highest BCUT2D eigenvalue weighted by atomic mass is 16.5. The van der Waals surface area contributed by atoms with Crippen LogP contribution in [0.4, 0.5) is 0 Å². The molecule has 152 valence electrons. The lowest BCUT2D eigenvalue weighted by atomic mass is 10.0. The second-order valence-corrected chi connectivity index (χ2v) is 7.49. The molecule has 1 amide bonds. The second kappa shape index (κ2) is 10.7. The van der Waals surface area contributed by atoms with Crippen molar-refractivity contribution in [2.45, 2.75) is 59.5 Å². The van der Waals surface area contributed by atoms with Gasteiger partial charge in [0.25, 0.3) is 5.91 Å². The van der Waals surface area contributed by atoms with Gasteiger partial charge in [0.2, 0.25) is 0 Å². The molecule has 0 fully saturated rings. The standard InChI is InChI=1S/C24H33NO3/c1-6-7-20-9-11-21(12-10-20)27-15-14-25-24(26)19(5)28-23-16-18(4)8-13-22(23)17(2)3/h8-13,16-17,19H,6-7,14-15H2,1-5H3,(H,25,26). The molecule has 0 aromatic heterocycles. The minimum absolute atomic E-state index is 0.141. The average Bonchev–Trinajstić information content (AvgIpc) is 2.66. The van der Waals surface area contributed by atoms with Crippen molar-refractivity contribution in [1.82, 2.24) is 5.32 Å². The van der Waals surface area contributed by atoms with E-state index in [1.54, 1.807) is 6.92 Å². The highest BCUT2D eigenvalue weighted by molar-refractivity contribution is 5.80. The zero-order chi connectivity index (χ0) is 20.5. The predicted octanol–water partition coefficient (Wildman–Crippen LogP) is 5.03. The van der Waals surface area contributed by atoms with E-state index in [1.165, 1.54) is 5.56 Å². The first-order valence-corrected chi connectivity index (χ1v) is 10.2. The molecule has 0 saturated carbocycles. The zero-order valence-corrected chi connectivity index (χ0v) is 17.7. The summed E-state index contributed by atoms with van der Waals surface area (Å²) in [6, 6.07) is 14.2. The predicted molar refractivity (Wildman–Crippen MR) is 114 cm³/mol. The zero-order valence-electron chi connectivity index (χ0n) is 17.7. The summed E-state index contributed by atoms with van der Waals surface area (Å²) in [6.07, 6.45) is 1.65. The number of nitrogens with one attached hydrogen (secondary N) is 1. The Bertz CT molecular complexity index is 753. The fourth-order valence-corrected chi connectivity index (χ4v) is 2.99. The molecular formula is C24H33NO3. The summed E-state index contributed by atoms with van der Waals surface area (Å²) in [4.78, 5) is 12.3. The minimum atomic E-state index is -0.562. The molecule has 0 radical (unpaired) electrons. The number of carbonyl (C=O) groups is 1. The first kappa shape index (κ1) is 21.8. The summed E-state index contributed by atoms with van der Waals surface area (Å²) in [5, 5.41) is 2.88. The molecule has 2 rings (SSSR count). The van der Waals surface area contributed by atoms with Crippen LogP contribution in [-0.2, 0) is 11.2 Å². The van der Waals surface area contributed by atoms with Crippen molar-refractivity contribution in [3.8, 4) is 11.5 Å². The lowest BCUT2D eigenvalue weighted by Gasteiger charge is -2.19. The van der Waals surface area contributed by atoms with Gasteiger partial charge in [-0.25, -0.2) is 0 Å². The van der Waals surface area contributed by atoms with Gasteiger partial charge in [0.1, 0.15) is 18.1 Å². The van der Waals surface area contributed by atoms with Gasteiger partial charge in [-0.1, -0.05) is 51.5 Å². The Kier molecular flexibility index (Phi) is 8.37. The van der Waals surface area contributed by atoms with Gasteiger partial charge in [0.15, 0.2) is 6.10 Å². The molecule has 1 atom stereocenters. The highest BCUT2D eigenvalue weighted by Gasteiger charge is 2.17. The Balaban J connectivity index is 1.79. The van der Waals surface area contributed by atoms with Crippen molar-refractivity contribution in [1.29, 1.82) is 0 Å². The third kappa shape index (κ3) is 6.59. The van der Waals surface area contributed by atoms with Crippen molar-refractivity contribution >= 4 is 5.91 Å². The summed E-state index contributed by atoms with van der Waals surface area (Å²) >= 11 is 0. The highest BCUT2D eigenvalue weighted by Crippen LogP contribution is 2.28. The van der Waals surface area contributed by atoms with Gasteiger partial charge in [-0.2, -0.15) is 0 Å². The lowest BCUT2D eigenvalue weighted by molar-refractivity contribution is -0.127. The number of rotatable bonds is 10. The molecule has 4 heteroatoms. The minimum Gasteiger partial charge on any atom is -0.492 e. The van der Waals surface area contributed by atoms with Gasteiger partial charge in [0.05, 0.1) is 6.54 Å². The van der Waals surface area contributed by atoms with Crippen LogP contribution in [0.1, 0.15) is 56.7 Å². The van der Waals surface area contributed by atoms with Gasteiger partial charge in [-0.15, -0.1) is 0 Å². The van der Waals surface area contributed by atoms with Crippen molar-refractivity contribution in [2.75, 3.05) is 13.2 Å². The van der Waals surface area contributed by atoms with Gasteiger partial charge < -0.3 is 14.8 Å². The van der Waals surface area contributed by atoms with E-state index in [9.17, 15) is 4.79 Å². The monoisotopic (exact) mass is 383 g/mol. The Morgan fingerprint density at radius 2 is 1.79 bits per heavy atom. The topological polar surface area (TPSA) is 47.6 Å². The molecule has 0 aliphatic heterocycles. The van der Waals surface area contributed by atoms with E-state index in [4.69, 9.17) is 9.47 Å². The maximum Gasteiger partial charge on any atom is 0.260 e. The maximum absolute atomic E-state index is 12.3. The van der Waals surface area contributed by atoms with Crippen LogP contribution in [0.15, 0.2) is 42.5 Å².